The number of carboxylic acids is 1. The fourth-order valence-corrected chi connectivity index (χ4v) is 1.75. The molecular weight excluding hydrogens is 224 g/mol. The number of aliphatic carboxylic acids is 1. The van der Waals surface area contributed by atoms with Crippen molar-refractivity contribution in [2.75, 3.05) is 6.61 Å². The third-order valence-electron chi connectivity index (χ3n) is 2.72. The Bertz CT molecular complexity index is 436. The van der Waals surface area contributed by atoms with Crippen molar-refractivity contribution in [3.63, 3.8) is 0 Å². The Morgan fingerprint density at radius 1 is 1.65 bits per heavy atom. The van der Waals surface area contributed by atoms with E-state index in [9.17, 15) is 9.59 Å². The van der Waals surface area contributed by atoms with E-state index in [0.717, 1.165) is 12.8 Å². The van der Waals surface area contributed by atoms with Crippen LogP contribution in [0, 0.1) is 5.92 Å². The first-order chi connectivity index (χ1) is 8.13. The van der Waals surface area contributed by atoms with E-state index in [1.54, 1.807) is 6.92 Å². The number of ether oxygens (including phenoxy) is 1. The summed E-state index contributed by atoms with van der Waals surface area (Å²) < 4.78 is 6.16. The number of rotatable bonds is 5. The summed E-state index contributed by atoms with van der Waals surface area (Å²) in [6.45, 7) is 2.00. The van der Waals surface area contributed by atoms with Crippen molar-refractivity contribution < 1.29 is 19.4 Å². The van der Waals surface area contributed by atoms with Crippen LogP contribution >= 0.6 is 0 Å². The van der Waals surface area contributed by atoms with Crippen LogP contribution in [0.1, 0.15) is 36.2 Å². The predicted octanol–water partition coefficient (Wildman–Crippen LogP) is 1.10. The summed E-state index contributed by atoms with van der Waals surface area (Å²) in [6, 6.07) is -0.668. The molecule has 1 unspecified atom stereocenters. The molecule has 1 aliphatic rings. The molecule has 0 spiro atoms. The number of esters is 1. The van der Waals surface area contributed by atoms with Gasteiger partial charge in [0.1, 0.15) is 0 Å². The van der Waals surface area contributed by atoms with Crippen LogP contribution in [0.5, 0.6) is 0 Å². The number of hydrogen-bond donors (Lipinski definition) is 1. The normalized spacial score (nSPS) is 16.5. The number of nitrogens with zero attached hydrogens (tertiary/aromatic N) is 2. The maximum Gasteiger partial charge on any atom is 0.341 e. The summed E-state index contributed by atoms with van der Waals surface area (Å²) in [5.41, 5.74) is 0.291. The van der Waals surface area contributed by atoms with Gasteiger partial charge in [-0.25, -0.2) is 9.59 Å². The first-order valence-electron chi connectivity index (χ1n) is 5.57. The lowest BCUT2D eigenvalue weighted by Crippen LogP contribution is -2.21. The molecule has 1 N–H and O–H groups in total. The Labute approximate surface area is 98.2 Å². The van der Waals surface area contributed by atoms with Gasteiger partial charge in [0.15, 0.2) is 6.04 Å². The second-order valence-corrected chi connectivity index (χ2v) is 4.05. The van der Waals surface area contributed by atoms with Crippen LogP contribution < -0.4 is 0 Å². The average Bonchev–Trinajstić information content (AvgIpc) is 2.95. The van der Waals surface area contributed by atoms with Gasteiger partial charge >= 0.3 is 11.9 Å². The van der Waals surface area contributed by atoms with Gasteiger partial charge in [-0.15, -0.1) is 0 Å². The van der Waals surface area contributed by atoms with Crippen molar-refractivity contribution in [2.24, 2.45) is 5.92 Å². The van der Waals surface area contributed by atoms with E-state index in [1.165, 1.54) is 17.1 Å². The molecule has 1 fully saturated rings. The van der Waals surface area contributed by atoms with Crippen molar-refractivity contribution >= 4 is 11.9 Å². The van der Waals surface area contributed by atoms with E-state index >= 15 is 0 Å². The number of hydrogen-bond acceptors (Lipinski definition) is 4. The quantitative estimate of drug-likeness (QED) is 0.777. The van der Waals surface area contributed by atoms with E-state index in [0.29, 0.717) is 5.56 Å². The number of carbonyl (C=O) groups excluding carboxylic acids is 1. The second-order valence-electron chi connectivity index (χ2n) is 4.05. The lowest BCUT2D eigenvalue weighted by Gasteiger charge is -2.10. The average molecular weight is 238 g/mol. The van der Waals surface area contributed by atoms with Crippen LogP contribution in [-0.4, -0.2) is 33.4 Å². The highest BCUT2D eigenvalue weighted by Gasteiger charge is 2.38. The molecule has 6 heteroatoms. The third kappa shape index (κ3) is 2.46. The van der Waals surface area contributed by atoms with Gasteiger partial charge in [-0.2, -0.15) is 5.10 Å². The molecule has 0 aliphatic heterocycles. The highest BCUT2D eigenvalue weighted by Crippen LogP contribution is 2.39. The summed E-state index contributed by atoms with van der Waals surface area (Å²) >= 11 is 0. The lowest BCUT2D eigenvalue weighted by molar-refractivity contribution is -0.141. The number of carboxylic acid groups (broad SMARTS) is 1. The Balaban J connectivity index is 2.16. The van der Waals surface area contributed by atoms with Gasteiger partial charge in [0, 0.05) is 6.20 Å². The van der Waals surface area contributed by atoms with Gasteiger partial charge in [-0.3, -0.25) is 4.68 Å². The van der Waals surface area contributed by atoms with Crippen LogP contribution in [0.25, 0.3) is 0 Å². The SMILES string of the molecule is CCOC(=O)c1cnn(C(C(=O)O)C2CC2)c1. The molecule has 0 radical (unpaired) electrons. The van der Waals surface area contributed by atoms with E-state index in [2.05, 4.69) is 5.10 Å². The summed E-state index contributed by atoms with van der Waals surface area (Å²) in [5, 5.41) is 13.0. The lowest BCUT2D eigenvalue weighted by atomic mass is 10.2. The van der Waals surface area contributed by atoms with Crippen LogP contribution in [0.2, 0.25) is 0 Å². The summed E-state index contributed by atoms with van der Waals surface area (Å²) in [5.74, 6) is -1.26. The van der Waals surface area contributed by atoms with Crippen molar-refractivity contribution in [3.8, 4) is 0 Å². The maximum atomic E-state index is 11.4. The van der Waals surface area contributed by atoms with Crippen LogP contribution in [0.15, 0.2) is 12.4 Å². The smallest absolute Gasteiger partial charge is 0.341 e. The van der Waals surface area contributed by atoms with Crippen LogP contribution in [0.3, 0.4) is 0 Å². The minimum Gasteiger partial charge on any atom is -0.480 e. The van der Waals surface area contributed by atoms with E-state index in [-0.39, 0.29) is 12.5 Å². The number of aromatic nitrogens is 2. The molecule has 0 amide bonds. The molecular formula is C11H14N2O4. The first-order valence-corrected chi connectivity index (χ1v) is 5.57. The fourth-order valence-electron chi connectivity index (χ4n) is 1.75. The maximum absolute atomic E-state index is 11.4. The summed E-state index contributed by atoms with van der Waals surface area (Å²) in [7, 11) is 0. The first kappa shape index (κ1) is 11.6. The van der Waals surface area contributed by atoms with Crippen LogP contribution in [-0.2, 0) is 9.53 Å². The van der Waals surface area contributed by atoms with Crippen LogP contribution in [0.4, 0.5) is 0 Å². The minimum atomic E-state index is -0.911. The highest BCUT2D eigenvalue weighted by atomic mass is 16.5. The highest BCUT2D eigenvalue weighted by molar-refractivity contribution is 5.88. The Hall–Kier alpha value is -1.85. The molecule has 0 saturated heterocycles. The molecule has 6 nitrogen and oxygen atoms in total. The fraction of sp³-hybridized carbons (Fsp3) is 0.545. The van der Waals surface area contributed by atoms with Gasteiger partial charge in [0.05, 0.1) is 18.4 Å². The molecule has 1 saturated carbocycles. The van der Waals surface area contributed by atoms with Gasteiger partial charge in [0.25, 0.3) is 0 Å². The monoisotopic (exact) mass is 238 g/mol. The number of carbonyl (C=O) groups is 2. The molecule has 1 aliphatic carbocycles. The predicted molar refractivity (Wildman–Crippen MR) is 57.6 cm³/mol. The van der Waals surface area contributed by atoms with E-state index in [1.807, 2.05) is 0 Å². The second kappa shape index (κ2) is 4.57. The van der Waals surface area contributed by atoms with E-state index < -0.39 is 18.0 Å². The van der Waals surface area contributed by atoms with Gasteiger partial charge in [0.2, 0.25) is 0 Å². The zero-order valence-electron chi connectivity index (χ0n) is 9.50. The largest absolute Gasteiger partial charge is 0.480 e. The standard InChI is InChI=1S/C11H14N2O4/c1-2-17-11(16)8-5-12-13(6-8)9(10(14)15)7-3-4-7/h5-7,9H,2-4H2,1H3,(H,14,15). The van der Waals surface area contributed by atoms with Crippen molar-refractivity contribution in [2.45, 2.75) is 25.8 Å². The molecule has 2 rings (SSSR count). The zero-order chi connectivity index (χ0) is 12.4. The summed E-state index contributed by atoms with van der Waals surface area (Å²) in [6.07, 6.45) is 4.57. The minimum absolute atomic E-state index is 0.127. The van der Waals surface area contributed by atoms with Crippen molar-refractivity contribution in [1.82, 2.24) is 9.78 Å². The Morgan fingerprint density at radius 3 is 2.88 bits per heavy atom. The van der Waals surface area contributed by atoms with Gasteiger partial charge in [-0.05, 0) is 25.7 Å². The molecule has 1 aromatic rings. The molecule has 0 bridgehead atoms. The summed E-state index contributed by atoms with van der Waals surface area (Å²) in [4.78, 5) is 22.5. The Kier molecular flexibility index (Phi) is 3.12. The molecule has 17 heavy (non-hydrogen) atoms. The molecule has 1 heterocycles. The topological polar surface area (TPSA) is 81.4 Å². The molecule has 0 aromatic carbocycles. The van der Waals surface area contributed by atoms with Crippen molar-refractivity contribution in [3.05, 3.63) is 18.0 Å². The molecule has 92 valence electrons. The Morgan fingerprint density at radius 2 is 2.35 bits per heavy atom. The van der Waals surface area contributed by atoms with Crippen molar-refractivity contribution in [1.29, 1.82) is 0 Å². The molecule has 1 atom stereocenters. The molecule has 1 aromatic heterocycles. The third-order valence-corrected chi connectivity index (χ3v) is 2.72. The van der Waals surface area contributed by atoms with E-state index in [4.69, 9.17) is 9.84 Å². The van der Waals surface area contributed by atoms with Gasteiger partial charge in [-0.1, -0.05) is 0 Å². The zero-order valence-corrected chi connectivity index (χ0v) is 9.50. The van der Waals surface area contributed by atoms with Gasteiger partial charge < -0.3 is 9.84 Å².